The third kappa shape index (κ3) is 2.56. The third-order valence-corrected chi connectivity index (χ3v) is 3.90. The zero-order chi connectivity index (χ0) is 14.8. The molecule has 0 aliphatic rings. The summed E-state index contributed by atoms with van der Waals surface area (Å²) in [6, 6.07) is 8.32. The molecule has 0 saturated heterocycles. The third-order valence-electron chi connectivity index (χ3n) is 3.90. The lowest BCUT2D eigenvalue weighted by Crippen LogP contribution is -2.13. The first-order valence-corrected chi connectivity index (χ1v) is 7.33. The van der Waals surface area contributed by atoms with Crippen LogP contribution in [0.15, 0.2) is 30.5 Å². The fraction of sp³-hybridized carbons (Fsp3) is 0.375. The van der Waals surface area contributed by atoms with Crippen LogP contribution in [-0.4, -0.2) is 26.1 Å². The van der Waals surface area contributed by atoms with Crippen molar-refractivity contribution < 1.29 is 0 Å². The molecule has 0 unspecified atom stereocenters. The molecule has 0 bridgehead atoms. The Morgan fingerprint density at radius 2 is 2.05 bits per heavy atom. The number of para-hydroxylation sites is 1. The van der Waals surface area contributed by atoms with Crippen molar-refractivity contribution in [3.63, 3.8) is 0 Å². The van der Waals surface area contributed by atoms with Crippen LogP contribution in [0.2, 0.25) is 0 Å². The highest BCUT2D eigenvalue weighted by Crippen LogP contribution is 2.19. The first kappa shape index (κ1) is 13.8. The highest BCUT2D eigenvalue weighted by atomic mass is 15.3. The Kier molecular flexibility index (Phi) is 3.75. The lowest BCUT2D eigenvalue weighted by Gasteiger charge is -2.04. The molecule has 3 rings (SSSR count). The minimum atomic E-state index is 0.708. The van der Waals surface area contributed by atoms with Gasteiger partial charge in [-0.25, -0.2) is 0 Å². The molecule has 0 fully saturated rings. The Bertz CT molecular complexity index is 753. The second-order valence-electron chi connectivity index (χ2n) is 5.28. The average Bonchev–Trinajstić information content (AvgIpc) is 3.00. The summed E-state index contributed by atoms with van der Waals surface area (Å²) in [7, 11) is 1.98. The van der Waals surface area contributed by atoms with Gasteiger partial charge in [0.15, 0.2) is 0 Å². The van der Waals surface area contributed by atoms with E-state index in [1.807, 2.05) is 28.7 Å². The molecule has 0 radical (unpaired) electrons. The predicted molar refractivity (Wildman–Crippen MR) is 84.2 cm³/mol. The number of aryl methyl sites for hydroxylation is 1. The molecule has 0 amide bonds. The average molecular weight is 283 g/mol. The van der Waals surface area contributed by atoms with Gasteiger partial charge >= 0.3 is 0 Å². The molecule has 0 spiro atoms. The first-order chi connectivity index (χ1) is 10.2. The molecule has 2 aromatic heterocycles. The van der Waals surface area contributed by atoms with Crippen molar-refractivity contribution in [2.24, 2.45) is 7.05 Å². The van der Waals surface area contributed by atoms with E-state index in [0.717, 1.165) is 24.3 Å². The Labute approximate surface area is 124 Å². The minimum absolute atomic E-state index is 0.708. The largest absolute Gasteiger partial charge is 0.313 e. The molecule has 5 nitrogen and oxygen atoms in total. The molecular weight excluding hydrogens is 262 g/mol. The Hall–Kier alpha value is -2.14. The van der Waals surface area contributed by atoms with Gasteiger partial charge in [0.25, 0.3) is 0 Å². The van der Waals surface area contributed by atoms with Crippen LogP contribution in [0.3, 0.4) is 0 Å². The summed E-state index contributed by atoms with van der Waals surface area (Å²) < 4.78 is 3.96. The molecular formula is C16H21N5. The van der Waals surface area contributed by atoms with Gasteiger partial charge in [-0.15, -0.1) is 0 Å². The quantitative estimate of drug-likeness (QED) is 0.781. The molecule has 3 aromatic rings. The van der Waals surface area contributed by atoms with E-state index in [9.17, 15) is 0 Å². The van der Waals surface area contributed by atoms with Crippen LogP contribution < -0.4 is 5.32 Å². The van der Waals surface area contributed by atoms with Gasteiger partial charge in [-0.3, -0.25) is 9.36 Å². The lowest BCUT2D eigenvalue weighted by atomic mass is 10.2. The van der Waals surface area contributed by atoms with Crippen LogP contribution in [0.4, 0.5) is 0 Å². The van der Waals surface area contributed by atoms with Crippen molar-refractivity contribution in [3.05, 3.63) is 47.4 Å². The van der Waals surface area contributed by atoms with Gasteiger partial charge in [-0.05, 0) is 19.5 Å². The number of fused-ring (bicyclic) bond motifs is 1. The van der Waals surface area contributed by atoms with Gasteiger partial charge in [0.2, 0.25) is 0 Å². The van der Waals surface area contributed by atoms with Crippen LogP contribution in [-0.2, 0) is 20.1 Å². The van der Waals surface area contributed by atoms with Crippen molar-refractivity contribution in [1.29, 1.82) is 0 Å². The van der Waals surface area contributed by atoms with E-state index < -0.39 is 0 Å². The number of hydrogen-bond acceptors (Lipinski definition) is 3. The molecule has 1 N–H and O–H groups in total. The van der Waals surface area contributed by atoms with Crippen LogP contribution in [0, 0.1) is 6.92 Å². The molecule has 5 heteroatoms. The number of hydrogen-bond donors (Lipinski definition) is 1. The van der Waals surface area contributed by atoms with Gasteiger partial charge in [0.1, 0.15) is 0 Å². The Morgan fingerprint density at radius 3 is 2.86 bits per heavy atom. The summed E-state index contributed by atoms with van der Waals surface area (Å²) in [6.45, 7) is 6.77. The van der Waals surface area contributed by atoms with Crippen LogP contribution in [0.5, 0.6) is 0 Å². The van der Waals surface area contributed by atoms with Gasteiger partial charge in [-0.2, -0.15) is 10.2 Å². The van der Waals surface area contributed by atoms with E-state index in [2.05, 4.69) is 47.6 Å². The fourth-order valence-corrected chi connectivity index (χ4v) is 2.63. The van der Waals surface area contributed by atoms with E-state index in [-0.39, 0.29) is 0 Å². The van der Waals surface area contributed by atoms with E-state index in [1.54, 1.807) is 0 Å². The number of benzene rings is 1. The zero-order valence-corrected chi connectivity index (χ0v) is 12.8. The molecule has 110 valence electrons. The Morgan fingerprint density at radius 1 is 1.24 bits per heavy atom. The second-order valence-corrected chi connectivity index (χ2v) is 5.28. The molecule has 0 saturated carbocycles. The van der Waals surface area contributed by atoms with Gasteiger partial charge in [0, 0.05) is 30.2 Å². The highest BCUT2D eigenvalue weighted by Gasteiger charge is 2.11. The highest BCUT2D eigenvalue weighted by molar-refractivity contribution is 5.81. The summed E-state index contributed by atoms with van der Waals surface area (Å²) >= 11 is 0. The summed E-state index contributed by atoms with van der Waals surface area (Å²) in [4.78, 5) is 0. The summed E-state index contributed by atoms with van der Waals surface area (Å²) in [5, 5.41) is 13.7. The van der Waals surface area contributed by atoms with E-state index >= 15 is 0 Å². The maximum atomic E-state index is 4.64. The van der Waals surface area contributed by atoms with Crippen LogP contribution in [0.25, 0.3) is 10.9 Å². The van der Waals surface area contributed by atoms with Crippen molar-refractivity contribution in [1.82, 2.24) is 24.9 Å². The van der Waals surface area contributed by atoms with E-state index in [0.29, 0.717) is 6.54 Å². The maximum absolute atomic E-state index is 4.64. The van der Waals surface area contributed by atoms with Gasteiger partial charge < -0.3 is 5.32 Å². The smallest absolute Gasteiger partial charge is 0.0918 e. The lowest BCUT2D eigenvalue weighted by molar-refractivity contribution is 0.635. The number of aromatic nitrogens is 4. The monoisotopic (exact) mass is 283 g/mol. The molecule has 0 atom stereocenters. The molecule has 2 heterocycles. The number of nitrogens with zero attached hydrogens (tertiary/aromatic N) is 4. The SMILES string of the molecule is CCNCc1cnn(Cc2nn(C)c3ccccc23)c1C. The standard InChI is InChI=1S/C16H21N5/c1-4-17-9-13-10-18-21(12(13)2)11-15-14-7-5-6-8-16(14)20(3)19-15/h5-8,10,17H,4,9,11H2,1-3H3. The van der Waals surface area contributed by atoms with Gasteiger partial charge in [0.05, 0.1) is 24.0 Å². The summed E-state index contributed by atoms with van der Waals surface area (Å²) in [6.07, 6.45) is 1.95. The maximum Gasteiger partial charge on any atom is 0.0918 e. The fourth-order valence-electron chi connectivity index (χ4n) is 2.63. The van der Waals surface area contributed by atoms with Crippen molar-refractivity contribution in [2.75, 3.05) is 6.54 Å². The van der Waals surface area contributed by atoms with Crippen molar-refractivity contribution >= 4 is 10.9 Å². The van der Waals surface area contributed by atoms with Gasteiger partial charge in [-0.1, -0.05) is 25.1 Å². The number of nitrogens with one attached hydrogen (secondary N) is 1. The van der Waals surface area contributed by atoms with Crippen LogP contribution >= 0.6 is 0 Å². The Balaban J connectivity index is 1.90. The normalized spacial score (nSPS) is 11.4. The zero-order valence-electron chi connectivity index (χ0n) is 12.8. The molecule has 1 aromatic carbocycles. The summed E-state index contributed by atoms with van der Waals surface area (Å²) in [5.41, 5.74) is 4.67. The first-order valence-electron chi connectivity index (χ1n) is 7.33. The second kappa shape index (κ2) is 5.69. The predicted octanol–water partition coefficient (Wildman–Crippen LogP) is 2.24. The molecule has 0 aliphatic carbocycles. The molecule has 21 heavy (non-hydrogen) atoms. The van der Waals surface area contributed by atoms with Crippen molar-refractivity contribution in [3.8, 4) is 0 Å². The van der Waals surface area contributed by atoms with E-state index in [4.69, 9.17) is 0 Å². The topological polar surface area (TPSA) is 47.7 Å². The number of rotatable bonds is 5. The summed E-state index contributed by atoms with van der Waals surface area (Å²) in [5.74, 6) is 0. The van der Waals surface area contributed by atoms with E-state index in [1.165, 1.54) is 16.6 Å². The van der Waals surface area contributed by atoms with Crippen molar-refractivity contribution in [2.45, 2.75) is 26.9 Å². The minimum Gasteiger partial charge on any atom is -0.313 e. The van der Waals surface area contributed by atoms with Crippen LogP contribution in [0.1, 0.15) is 23.9 Å². The molecule has 0 aliphatic heterocycles.